The number of likely N-dealkylation sites (N-methyl/N-ethyl adjacent to an activating group) is 3. The van der Waals surface area contributed by atoms with Gasteiger partial charge in [-0.3, -0.25) is 47.9 Å². The summed E-state index contributed by atoms with van der Waals surface area (Å²) in [4.78, 5) is 146. The number of hydrogen-bond donors (Lipinski definition) is 10. The zero-order valence-corrected chi connectivity index (χ0v) is 169. The summed E-state index contributed by atoms with van der Waals surface area (Å²) >= 11 is 5.18. The van der Waals surface area contributed by atoms with Crippen LogP contribution in [0.1, 0.15) is 229 Å². The number of amides is 4. The summed E-state index contributed by atoms with van der Waals surface area (Å²) in [6.45, 7) is 24.1. The van der Waals surface area contributed by atoms with E-state index < -0.39 is 18.1 Å². The number of ether oxygens (including phenoxy) is 1. The Kier molecular flexibility index (Phi) is 121. The van der Waals surface area contributed by atoms with Gasteiger partial charge in [0.2, 0.25) is 23.6 Å². The smallest absolute Gasteiger partial charge is 0.301 e. The number of Topliss-reactive ketones (excluding diaryl/α,β-unsaturated/α-hetero) is 7. The number of thioether (sulfide) groups is 1. The number of esters is 1. The Morgan fingerprint density at radius 2 is 0.848 bits per heavy atom. The number of ketones is 7. The molecular formula is C70H128N9O16Rf15S2-3. The number of piperidine rings is 1. The van der Waals surface area contributed by atoms with Gasteiger partial charge >= 0.3 is 5.97 Å². The van der Waals surface area contributed by atoms with Crippen molar-refractivity contribution in [3.63, 3.8) is 0 Å². The second kappa shape index (κ2) is 92.5. The molecule has 4 saturated carbocycles. The molecule has 3 heterocycles. The molecule has 4 aliphatic carbocycles. The van der Waals surface area contributed by atoms with Crippen LogP contribution >= 0.6 is 24.4 Å². The van der Waals surface area contributed by atoms with Gasteiger partial charge in [0.1, 0.15) is 29.4 Å². The van der Waals surface area contributed by atoms with Crippen molar-refractivity contribution in [3.8, 4) is 0 Å². The second-order valence-electron chi connectivity index (χ2n) is 23.8. The van der Waals surface area contributed by atoms with Crippen LogP contribution in [0.2, 0.25) is 0 Å². The summed E-state index contributed by atoms with van der Waals surface area (Å²) in [5, 5.41) is 29.5. The minimum absolute atomic E-state index is 0. The van der Waals surface area contributed by atoms with Gasteiger partial charge in [0, 0.05) is 75.7 Å². The van der Waals surface area contributed by atoms with Crippen molar-refractivity contribution in [1.82, 2.24) is 36.4 Å². The average molecular weight is 5420 g/mol. The number of hydrogen-bond acceptors (Lipinski definition) is 23. The number of carbonyl (C=O) groups excluding carboxylic acids is 13. The van der Waals surface area contributed by atoms with E-state index in [9.17, 15) is 62.3 Å². The summed E-state index contributed by atoms with van der Waals surface area (Å²) in [5.74, 6) is -1.23. The monoisotopic (exact) mass is 5420 g/mol. The van der Waals surface area contributed by atoms with Crippen molar-refractivity contribution in [2.45, 2.75) is 266 Å². The Hall–Kier alpha value is -20.5. The first-order valence-electron chi connectivity index (χ1n) is 34.3. The Morgan fingerprint density at radius 1 is 0.509 bits per heavy atom. The van der Waals surface area contributed by atoms with Crippen LogP contribution in [0.4, 0.5) is 0 Å². The Morgan fingerprint density at radius 3 is 1.12 bits per heavy atom. The normalized spacial score (nSPS) is 15.0. The van der Waals surface area contributed by atoms with Crippen LogP contribution in [-0.2, 0) is 67.1 Å². The molecule has 0 radical (unpaired) electrons. The van der Waals surface area contributed by atoms with Gasteiger partial charge in [-0.25, -0.2) is 13.2 Å². The maximum Gasteiger partial charge on any atom is 0.301 e. The average Bonchev–Trinajstić information content (AvgIpc) is 1.60. The molecule has 7 unspecified atom stereocenters. The maximum atomic E-state index is 12.3. The van der Waals surface area contributed by atoms with Crippen LogP contribution in [0, 0.1) is 25.7 Å². The number of unbranched alkanes of at least 4 members (excludes halogenated alkanes) is 3. The van der Waals surface area contributed by atoms with Crippen molar-refractivity contribution >= 4 is 99.6 Å². The van der Waals surface area contributed by atoms with E-state index >= 15 is 0 Å². The zero-order chi connectivity index (χ0) is 75.1. The van der Waals surface area contributed by atoms with Crippen LogP contribution in [0.25, 0.3) is 0 Å². The molecule has 3 aliphatic heterocycles. The SMILES string of the molecule is C1CC1.C1CC1.C1CC1.C1CC1.C=C.CC(=O)SCC1CC(=O)C2CCCN2C1=O.CC(=O)[CH-]O.CC(=O)[CH-]O.CC(=O)[CH-]OC(=O)C1CCCN1C(=O)C(CS)NC(C)=O.CNC(CCCCN)C(C)=O.CNC(CCCCN)C(C)=O.CNC(CCCCNC(C)=O)C(C)=O.[Rf].[Rf].[Rf].[Rf].[Rf].[Rf].[Rf].[Rf].[Rf].[Rf].[Rf].[Rf].[Rf].[Rf].[Rf]. The molecule has 42 heteroatoms. The Bertz CT molecular complexity index is 2190. The van der Waals surface area contributed by atoms with Crippen LogP contribution in [-0.4, -0.2) is 197 Å². The third-order valence-corrected chi connectivity index (χ3v) is 15.0. The Balaban J connectivity index is -0.0000000477. The summed E-state index contributed by atoms with van der Waals surface area (Å²) < 4.78 is 4.75. The maximum absolute atomic E-state index is 12.3. The third kappa shape index (κ3) is 91.5. The molecule has 0 spiro atoms. The number of nitrogens with two attached hydrogens (primary N) is 2. The van der Waals surface area contributed by atoms with Crippen LogP contribution < -0.4 is 38.1 Å². The second-order valence-corrected chi connectivity index (χ2v) is 25.3. The first kappa shape index (κ1) is 147. The van der Waals surface area contributed by atoms with Gasteiger partial charge in [-0.05, 0) is 146 Å². The molecule has 0 bridgehead atoms. The van der Waals surface area contributed by atoms with Gasteiger partial charge in [0.05, 0.1) is 30.1 Å². The number of fused-ring (bicyclic) bond motifs is 1. The van der Waals surface area contributed by atoms with E-state index in [1.807, 2.05) is 14.1 Å². The topological polar surface area (TPSA) is 390 Å². The Labute approximate surface area is 591 Å². The molecule has 4 amide bonds. The van der Waals surface area contributed by atoms with E-state index in [0.717, 1.165) is 89.0 Å². The summed E-state index contributed by atoms with van der Waals surface area (Å²) in [5.41, 5.74) is 10.7. The first-order valence-corrected chi connectivity index (χ1v) is 36.0. The van der Waals surface area contributed by atoms with E-state index in [4.69, 9.17) is 26.4 Å². The zero-order valence-electron chi connectivity index (χ0n) is 71.6. The molecule has 11 N–H and O–H groups in total. The van der Waals surface area contributed by atoms with Crippen LogP contribution in [0.3, 0.4) is 0 Å². The molecule has 7 rings (SSSR count). The molecule has 0 aromatic rings. The van der Waals surface area contributed by atoms with Crippen molar-refractivity contribution in [3.05, 3.63) is 33.0 Å². The van der Waals surface area contributed by atoms with Gasteiger partial charge in [-0.1, -0.05) is 102 Å². The van der Waals surface area contributed by atoms with E-state index in [0.29, 0.717) is 71.0 Å². The molecule has 25 nitrogen and oxygen atoms in total. The van der Waals surface area contributed by atoms with E-state index in [1.54, 1.807) is 32.7 Å². The fraction of sp³-hybridized carbons (Fsp3) is 0.743. The van der Waals surface area contributed by atoms with Crippen molar-refractivity contribution in [1.29, 1.82) is 0 Å². The molecule has 0 aromatic carbocycles. The molecule has 3 saturated heterocycles. The fourth-order valence-electron chi connectivity index (χ4n) is 7.92. The number of nitrogens with one attached hydrogen (secondary N) is 5. The molecule has 7 aliphatic rings. The molecule has 112 heavy (non-hydrogen) atoms. The molecule has 7 fully saturated rings. The van der Waals surface area contributed by atoms with E-state index in [2.05, 4.69) is 52.4 Å². The summed E-state index contributed by atoms with van der Waals surface area (Å²) in [7, 11) is 5.42. The van der Waals surface area contributed by atoms with E-state index in [1.165, 1.54) is 123 Å². The van der Waals surface area contributed by atoms with Crippen molar-refractivity contribution in [2.75, 3.05) is 65.4 Å². The van der Waals surface area contributed by atoms with Crippen molar-refractivity contribution < 1.29 is 77.3 Å². The number of likely N-dealkylation sites (tertiary alicyclic amines) is 1. The van der Waals surface area contributed by atoms with Gasteiger partial charge in [0.25, 0.3) is 0 Å². The van der Waals surface area contributed by atoms with Gasteiger partial charge in [-0.2, -0.15) is 19.2 Å². The minimum Gasteiger partial charge on any atom is -0.609 e. The van der Waals surface area contributed by atoms with E-state index in [-0.39, 0.29) is 105 Å². The number of rotatable bonds is 29. The molecule has 7 atom stereocenters. The summed E-state index contributed by atoms with van der Waals surface area (Å²) in [6.07, 6.45) is 29.8. The van der Waals surface area contributed by atoms with Crippen molar-refractivity contribution in [2.24, 2.45) is 17.4 Å². The third-order valence-electron chi connectivity index (χ3n) is 13.7. The number of aliphatic hydroxyl groups excluding tert-OH is 2. The minimum atomic E-state index is -0.781. The van der Waals surface area contributed by atoms with Crippen LogP contribution in [0.5, 0.6) is 0 Å². The standard InChI is InChI=1S/C13H19N2O5S.C11H15NO3S.C10H20N2O2.2C8H18N2O.2C3H5O2.4C3H6.C2H4.15Rf/c1-8(16)6-20-13(19)11-4-3-5-15(11)12(18)10(7-21)14-9(2)17;1-7(13)16-6-8-5-10(14)9-3-2-4-12(9)11(8)15;1-8(13)10(11-3)6-4-5-7-12-9(2)14;2*1-7(11)8(10-2)5-3-4-6-9;2*1-3(5)2-4;4*1-2-3-1;1-2;;;;;;;;;;;;;;;/h6,10-11,21H,3-5,7H2,1-2H3,(H,14,17);8-9H,2-6H2,1H3;10-11H,4-7H2,1-3H3,(H,12,14);2*8,10H,3-6,9H2,1-2H3;2*2,4H,1H3;4*1-3H2;1-2H2;;;;;;;;;;;;;;;/q-1;;;;;2*-1;;;;;;;;;;;;;;;;;;;;. The first-order chi connectivity index (χ1) is 46.0. The van der Waals surface area contributed by atoms with Gasteiger partial charge < -0.3 is 77.2 Å². The number of carbonyl (C=O) groups is 13. The van der Waals surface area contributed by atoms with Gasteiger partial charge in [-0.15, -0.1) is 13.2 Å². The predicted octanol–water partition coefficient (Wildman–Crippen LogP) is 7.31. The number of nitrogens with zero attached hydrogens (tertiary/aromatic N) is 2. The molecule has 594 valence electrons. The fourth-order valence-corrected chi connectivity index (χ4v) is 8.86. The van der Waals surface area contributed by atoms with Crippen LogP contribution in [0.15, 0.2) is 13.2 Å². The number of aliphatic hydroxyl groups is 2. The summed E-state index contributed by atoms with van der Waals surface area (Å²) in [6, 6.07) is -1.65. The molecular weight excluding hydrogens is 5290 g/mol. The largest absolute Gasteiger partial charge is 0.609 e. The quantitative estimate of drug-likeness (QED) is 0.0115. The molecule has 0 aromatic heterocycles. The van der Waals surface area contributed by atoms with Gasteiger partial charge in [0.15, 0.2) is 10.9 Å². The predicted molar refractivity (Wildman–Crippen MR) is 388 cm³/mol. The number of thiol groups is 1.